The minimum absolute atomic E-state index is 0.127. The van der Waals surface area contributed by atoms with E-state index in [1.807, 2.05) is 86.6 Å². The Hall–Kier alpha value is -2.62. The number of hydrogen-bond donors (Lipinski definition) is 2. The average Bonchev–Trinajstić information content (AvgIpc) is 2.69. The van der Waals surface area contributed by atoms with Crippen LogP contribution in [0.3, 0.4) is 0 Å². The van der Waals surface area contributed by atoms with Crippen molar-refractivity contribution in [1.29, 1.82) is 0 Å². The lowest BCUT2D eigenvalue weighted by molar-refractivity contribution is 0.126. The maximum absolute atomic E-state index is 12.0. The quantitative estimate of drug-likeness (QED) is 0.289. The molecule has 0 fully saturated rings. The van der Waals surface area contributed by atoms with Crippen LogP contribution in [0.4, 0.5) is 5.69 Å². The zero-order chi connectivity index (χ0) is 19.4. The van der Waals surface area contributed by atoms with Crippen molar-refractivity contribution in [1.82, 2.24) is 0 Å². The van der Waals surface area contributed by atoms with Crippen LogP contribution in [-0.4, -0.2) is 16.8 Å². The molecule has 0 saturated heterocycles. The molecule has 0 atom stereocenters. The van der Waals surface area contributed by atoms with E-state index >= 15 is 0 Å². The maximum Gasteiger partial charge on any atom is 0.142 e. The maximum atomic E-state index is 12.0. The summed E-state index contributed by atoms with van der Waals surface area (Å²) in [5.41, 5.74) is 9.55. The van der Waals surface area contributed by atoms with Crippen LogP contribution in [0.2, 0.25) is 0 Å². The third kappa shape index (κ3) is 3.90. The highest BCUT2D eigenvalue weighted by atomic mass is 35.5. The van der Waals surface area contributed by atoms with Gasteiger partial charge in [0.05, 0.1) is 11.6 Å². The lowest BCUT2D eigenvalue weighted by Gasteiger charge is -2.31. The zero-order valence-corrected chi connectivity index (χ0v) is 16.2. The largest absolute Gasteiger partial charge is 0.386 e. The molecule has 0 aliphatic rings. The van der Waals surface area contributed by atoms with Crippen molar-refractivity contribution < 1.29 is 5.11 Å². The lowest BCUT2D eigenvalue weighted by atomic mass is 9.79. The highest BCUT2D eigenvalue weighted by Crippen LogP contribution is 2.41. The van der Waals surface area contributed by atoms with Gasteiger partial charge in [-0.2, -0.15) is 0 Å². The van der Waals surface area contributed by atoms with Gasteiger partial charge in [-0.05, 0) is 31.0 Å². The SMILES string of the molecule is Cc1ccc(C(O)(c2ccc(C)cc2)c2ccccc2N=C(N)CCl)cc1. The van der Waals surface area contributed by atoms with Crippen molar-refractivity contribution in [3.63, 3.8) is 0 Å². The molecule has 0 aliphatic carbocycles. The molecule has 3 N–H and O–H groups in total. The van der Waals surface area contributed by atoms with Gasteiger partial charge in [0.1, 0.15) is 11.4 Å². The molecule has 4 heteroatoms. The Balaban J connectivity index is 2.29. The van der Waals surface area contributed by atoms with Crippen molar-refractivity contribution in [2.45, 2.75) is 19.4 Å². The number of nitrogens with zero attached hydrogens (tertiary/aromatic N) is 1. The number of rotatable bonds is 5. The van der Waals surface area contributed by atoms with Gasteiger partial charge < -0.3 is 10.8 Å². The molecule has 3 nitrogen and oxygen atoms in total. The molecule has 0 unspecified atom stereocenters. The number of para-hydroxylation sites is 1. The Bertz CT molecular complexity index is 901. The summed E-state index contributed by atoms with van der Waals surface area (Å²) in [6.45, 7) is 4.04. The Labute approximate surface area is 165 Å². The topological polar surface area (TPSA) is 58.6 Å². The molecule has 3 aromatic rings. The molecule has 0 aliphatic heterocycles. The van der Waals surface area contributed by atoms with E-state index in [0.717, 1.165) is 22.3 Å². The summed E-state index contributed by atoms with van der Waals surface area (Å²) in [6.07, 6.45) is 0. The number of amidine groups is 1. The van der Waals surface area contributed by atoms with Gasteiger partial charge in [0, 0.05) is 5.56 Å². The van der Waals surface area contributed by atoms with Crippen LogP contribution < -0.4 is 5.73 Å². The Kier molecular flexibility index (Phi) is 5.64. The second-order valence-electron chi connectivity index (χ2n) is 6.70. The fraction of sp³-hybridized carbons (Fsp3) is 0.174. The summed E-state index contributed by atoms with van der Waals surface area (Å²) in [5, 5.41) is 12.0. The molecule has 27 heavy (non-hydrogen) atoms. The van der Waals surface area contributed by atoms with Gasteiger partial charge >= 0.3 is 0 Å². The number of aliphatic imine (C=N–C) groups is 1. The summed E-state index contributed by atoms with van der Waals surface area (Å²) in [7, 11) is 0. The minimum atomic E-state index is -1.37. The van der Waals surface area contributed by atoms with Crippen molar-refractivity contribution in [2.24, 2.45) is 10.7 Å². The van der Waals surface area contributed by atoms with E-state index in [4.69, 9.17) is 17.3 Å². The van der Waals surface area contributed by atoms with Crippen LogP contribution in [0, 0.1) is 13.8 Å². The predicted molar refractivity (Wildman–Crippen MR) is 113 cm³/mol. The van der Waals surface area contributed by atoms with E-state index in [9.17, 15) is 5.11 Å². The van der Waals surface area contributed by atoms with Gasteiger partial charge in [0.25, 0.3) is 0 Å². The first-order valence-electron chi connectivity index (χ1n) is 8.80. The fourth-order valence-corrected chi connectivity index (χ4v) is 3.19. The molecule has 0 heterocycles. The van der Waals surface area contributed by atoms with Crippen molar-refractivity contribution >= 4 is 23.1 Å². The molecule has 0 saturated carbocycles. The summed E-state index contributed by atoms with van der Waals surface area (Å²) in [6, 6.07) is 23.2. The van der Waals surface area contributed by atoms with Crippen LogP contribution in [0.15, 0.2) is 77.8 Å². The molecular weight excluding hydrogens is 356 g/mol. The van der Waals surface area contributed by atoms with Gasteiger partial charge in [-0.3, -0.25) is 0 Å². The molecule has 138 valence electrons. The van der Waals surface area contributed by atoms with Crippen molar-refractivity contribution in [2.75, 3.05) is 5.88 Å². The number of halogens is 1. The number of benzene rings is 3. The molecule has 0 radical (unpaired) electrons. The van der Waals surface area contributed by atoms with Crippen molar-refractivity contribution in [3.8, 4) is 0 Å². The monoisotopic (exact) mass is 378 g/mol. The fourth-order valence-electron chi connectivity index (χ4n) is 3.13. The van der Waals surface area contributed by atoms with E-state index in [0.29, 0.717) is 17.1 Å². The second-order valence-corrected chi connectivity index (χ2v) is 6.96. The Morgan fingerprint density at radius 3 is 1.85 bits per heavy atom. The normalized spacial score (nSPS) is 12.2. The van der Waals surface area contributed by atoms with Crippen LogP contribution >= 0.6 is 11.6 Å². The second kappa shape index (κ2) is 7.95. The molecule has 0 bridgehead atoms. The molecule has 0 amide bonds. The van der Waals surface area contributed by atoms with Crippen LogP contribution in [0.1, 0.15) is 27.8 Å². The lowest BCUT2D eigenvalue weighted by Crippen LogP contribution is -2.29. The molecule has 3 rings (SSSR count). The van der Waals surface area contributed by atoms with E-state index in [1.54, 1.807) is 0 Å². The summed E-state index contributed by atoms with van der Waals surface area (Å²) >= 11 is 5.82. The smallest absolute Gasteiger partial charge is 0.142 e. The minimum Gasteiger partial charge on any atom is -0.386 e. The number of aliphatic hydroxyl groups is 1. The number of hydrogen-bond acceptors (Lipinski definition) is 2. The standard InChI is InChI=1S/C23H23ClN2O/c1-16-7-11-18(12-8-16)23(27,19-13-9-17(2)10-14-19)20-5-3-4-6-21(20)26-22(25)15-24/h3-14,27H,15H2,1-2H3,(H2,25,26). The van der Waals surface area contributed by atoms with Crippen LogP contribution in [0.5, 0.6) is 0 Å². The van der Waals surface area contributed by atoms with E-state index in [2.05, 4.69) is 4.99 Å². The zero-order valence-electron chi connectivity index (χ0n) is 15.5. The van der Waals surface area contributed by atoms with E-state index < -0.39 is 5.60 Å². The summed E-state index contributed by atoms with van der Waals surface area (Å²) in [4.78, 5) is 4.43. The molecule has 3 aromatic carbocycles. The highest BCUT2D eigenvalue weighted by Gasteiger charge is 2.35. The van der Waals surface area contributed by atoms with E-state index in [-0.39, 0.29) is 5.88 Å². The van der Waals surface area contributed by atoms with Gasteiger partial charge in [-0.15, -0.1) is 11.6 Å². The van der Waals surface area contributed by atoms with Crippen molar-refractivity contribution in [3.05, 3.63) is 101 Å². The van der Waals surface area contributed by atoms with Gasteiger partial charge in [-0.25, -0.2) is 4.99 Å². The number of aryl methyl sites for hydroxylation is 2. The number of nitrogens with two attached hydrogens (primary N) is 1. The van der Waals surface area contributed by atoms with Crippen LogP contribution in [0.25, 0.3) is 0 Å². The first-order valence-corrected chi connectivity index (χ1v) is 9.33. The Morgan fingerprint density at radius 1 is 0.889 bits per heavy atom. The number of alkyl halides is 1. The van der Waals surface area contributed by atoms with Gasteiger partial charge in [0.2, 0.25) is 0 Å². The first kappa shape index (κ1) is 19.2. The van der Waals surface area contributed by atoms with Gasteiger partial charge in [0.15, 0.2) is 0 Å². The predicted octanol–water partition coefficient (Wildman–Crippen LogP) is 4.82. The molecule has 0 spiro atoms. The average molecular weight is 379 g/mol. The van der Waals surface area contributed by atoms with E-state index in [1.165, 1.54) is 0 Å². The third-order valence-corrected chi connectivity index (χ3v) is 4.91. The van der Waals surface area contributed by atoms with Crippen LogP contribution in [-0.2, 0) is 5.60 Å². The van der Waals surface area contributed by atoms with Gasteiger partial charge in [-0.1, -0.05) is 77.9 Å². The third-order valence-electron chi connectivity index (χ3n) is 4.63. The summed E-state index contributed by atoms with van der Waals surface area (Å²) < 4.78 is 0. The Morgan fingerprint density at radius 2 is 1.37 bits per heavy atom. The molecular formula is C23H23ClN2O. The highest BCUT2D eigenvalue weighted by molar-refractivity contribution is 6.28. The summed E-state index contributed by atoms with van der Waals surface area (Å²) in [5.74, 6) is 0.432. The molecule has 0 aromatic heterocycles. The first-order chi connectivity index (χ1) is 12.9.